The number of anilines is 1. The van der Waals surface area contributed by atoms with E-state index in [4.69, 9.17) is 13.2 Å². The first kappa shape index (κ1) is 19.9. The van der Waals surface area contributed by atoms with Gasteiger partial charge in [0.15, 0.2) is 17.5 Å². The predicted molar refractivity (Wildman–Crippen MR) is 103 cm³/mol. The van der Waals surface area contributed by atoms with Crippen molar-refractivity contribution in [3.8, 4) is 5.75 Å². The van der Waals surface area contributed by atoms with Gasteiger partial charge in [0.25, 0.3) is 5.91 Å². The first-order valence-electron chi connectivity index (χ1n) is 8.28. The Balaban J connectivity index is 0.000000552. The van der Waals surface area contributed by atoms with Gasteiger partial charge >= 0.3 is 0 Å². The van der Waals surface area contributed by atoms with E-state index in [-0.39, 0.29) is 12.5 Å². The molecule has 0 atom stereocenters. The Hall–Kier alpha value is -2.38. The van der Waals surface area contributed by atoms with Gasteiger partial charge < -0.3 is 10.1 Å². The average molecular weight is 376 g/mol. The van der Waals surface area contributed by atoms with Crippen molar-refractivity contribution in [3.63, 3.8) is 0 Å². The number of amides is 1. The minimum Gasteiger partial charge on any atom is -0.482 e. The maximum Gasteiger partial charge on any atom is 0.262 e. The van der Waals surface area contributed by atoms with Crippen LogP contribution in [0.2, 0.25) is 0 Å². The summed E-state index contributed by atoms with van der Waals surface area (Å²) in [6.07, 6.45) is 1.95. The first-order valence-corrected chi connectivity index (χ1v) is 9.53. The van der Waals surface area contributed by atoms with Crippen molar-refractivity contribution in [1.29, 1.82) is 0 Å². The van der Waals surface area contributed by atoms with Gasteiger partial charge in [-0.2, -0.15) is 0 Å². The molecule has 0 fully saturated rings. The SMILES string of the molecule is Cc1ccc(CCc2ccc3c(c2)NC(=O)CO3)c(C)c1C.N[SH](=O)=O. The number of hydrogen-bond donors (Lipinski definition) is 3. The number of hydrogen-bond acceptors (Lipinski definition) is 4. The molecule has 0 aromatic heterocycles. The number of nitrogens with two attached hydrogens (primary N) is 1. The number of rotatable bonds is 3. The van der Waals surface area contributed by atoms with Gasteiger partial charge in [-0.25, -0.2) is 13.6 Å². The number of carbonyl (C=O) groups is 1. The second-order valence-corrected chi connectivity index (χ2v) is 6.82. The van der Waals surface area contributed by atoms with Gasteiger partial charge in [0.05, 0.1) is 5.69 Å². The van der Waals surface area contributed by atoms with Crippen LogP contribution in [0.15, 0.2) is 30.3 Å². The Bertz CT molecular complexity index is 883. The molecule has 0 saturated carbocycles. The molecule has 2 aromatic carbocycles. The summed E-state index contributed by atoms with van der Waals surface area (Å²) < 4.78 is 23.0. The molecule has 1 heterocycles. The largest absolute Gasteiger partial charge is 0.482 e. The van der Waals surface area contributed by atoms with E-state index in [2.05, 4.69) is 49.4 Å². The molecule has 0 aliphatic carbocycles. The maximum atomic E-state index is 11.4. The topological polar surface area (TPSA) is 98.5 Å². The van der Waals surface area contributed by atoms with Crippen LogP contribution in [0.5, 0.6) is 5.75 Å². The van der Waals surface area contributed by atoms with Gasteiger partial charge in [-0.3, -0.25) is 4.79 Å². The van der Waals surface area contributed by atoms with Crippen molar-refractivity contribution < 1.29 is 17.9 Å². The Labute approximate surface area is 155 Å². The Morgan fingerprint density at radius 2 is 1.77 bits per heavy atom. The molecule has 7 heteroatoms. The van der Waals surface area contributed by atoms with E-state index in [1.54, 1.807) is 0 Å². The molecular weight excluding hydrogens is 352 g/mol. The fourth-order valence-electron chi connectivity index (χ4n) is 2.85. The number of carbonyl (C=O) groups excluding carboxylic acids is 1. The van der Waals surface area contributed by atoms with Crippen LogP contribution in [0.4, 0.5) is 5.69 Å². The summed E-state index contributed by atoms with van der Waals surface area (Å²) in [6.45, 7) is 6.63. The van der Waals surface area contributed by atoms with Crippen molar-refractivity contribution in [2.24, 2.45) is 5.14 Å². The smallest absolute Gasteiger partial charge is 0.262 e. The van der Waals surface area contributed by atoms with Gasteiger partial charge in [0, 0.05) is 0 Å². The minimum atomic E-state index is -2.62. The molecule has 26 heavy (non-hydrogen) atoms. The van der Waals surface area contributed by atoms with Crippen LogP contribution in [0.3, 0.4) is 0 Å². The zero-order chi connectivity index (χ0) is 19.3. The molecule has 6 nitrogen and oxygen atoms in total. The van der Waals surface area contributed by atoms with Gasteiger partial charge in [0.2, 0.25) is 0 Å². The molecule has 1 amide bonds. The highest BCUT2D eigenvalue weighted by molar-refractivity contribution is 7.69. The van der Waals surface area contributed by atoms with Crippen LogP contribution in [0, 0.1) is 20.8 Å². The average Bonchev–Trinajstić information content (AvgIpc) is 2.58. The lowest BCUT2D eigenvalue weighted by Crippen LogP contribution is -2.25. The third kappa shape index (κ3) is 5.31. The van der Waals surface area contributed by atoms with Crippen LogP contribution in [-0.4, -0.2) is 20.9 Å². The Morgan fingerprint density at radius 1 is 1.08 bits per heavy atom. The lowest BCUT2D eigenvalue weighted by molar-refractivity contribution is -0.118. The van der Waals surface area contributed by atoms with Crippen molar-refractivity contribution >= 4 is 22.5 Å². The molecule has 0 radical (unpaired) electrons. The second-order valence-electron chi connectivity index (χ2n) is 6.24. The summed E-state index contributed by atoms with van der Waals surface area (Å²) in [4.78, 5) is 11.4. The van der Waals surface area contributed by atoms with Crippen molar-refractivity contribution in [2.75, 3.05) is 11.9 Å². The molecule has 1 aliphatic rings. The third-order valence-electron chi connectivity index (χ3n) is 4.53. The molecule has 0 unspecified atom stereocenters. The summed E-state index contributed by atoms with van der Waals surface area (Å²) >= 11 is 0. The first-order chi connectivity index (χ1) is 12.3. The van der Waals surface area contributed by atoms with Crippen LogP contribution in [0.25, 0.3) is 0 Å². The number of nitrogens with one attached hydrogen (secondary N) is 1. The van der Waals surface area contributed by atoms with Crippen LogP contribution >= 0.6 is 0 Å². The molecule has 0 saturated heterocycles. The van der Waals surface area contributed by atoms with Gasteiger partial charge in [-0.05, 0) is 73.6 Å². The summed E-state index contributed by atoms with van der Waals surface area (Å²) in [7, 11) is -2.62. The summed E-state index contributed by atoms with van der Waals surface area (Å²) in [5, 5.41) is 6.93. The standard InChI is InChI=1S/C19H21NO2.H3NO2S/c1-12-4-7-16(14(3)13(12)2)8-5-15-6-9-18-17(10-15)20-19(21)11-22-18;1-4(2)3/h4,6-7,9-10H,5,8,11H2,1-3H3,(H,20,21);4H,(H2,1,2,3). The molecule has 3 rings (SSSR count). The zero-order valence-electron chi connectivity index (χ0n) is 15.2. The molecule has 1 aliphatic heterocycles. The number of ether oxygens (including phenoxy) is 1. The number of aryl methyl sites for hydroxylation is 3. The predicted octanol–water partition coefficient (Wildman–Crippen LogP) is 2.20. The molecular formula is C19H24N2O4S. The second kappa shape index (κ2) is 8.82. The molecule has 0 bridgehead atoms. The summed E-state index contributed by atoms with van der Waals surface area (Å²) in [5.41, 5.74) is 7.49. The van der Waals surface area contributed by atoms with Crippen LogP contribution in [0.1, 0.15) is 27.8 Å². The van der Waals surface area contributed by atoms with Gasteiger partial charge in [-0.1, -0.05) is 18.2 Å². The Morgan fingerprint density at radius 3 is 2.46 bits per heavy atom. The number of thiol groups is 1. The van der Waals surface area contributed by atoms with Gasteiger partial charge in [-0.15, -0.1) is 0 Å². The lowest BCUT2D eigenvalue weighted by Gasteiger charge is -2.18. The summed E-state index contributed by atoms with van der Waals surface area (Å²) in [5.74, 6) is 0.667. The van der Waals surface area contributed by atoms with E-state index in [1.807, 2.05) is 12.1 Å². The van der Waals surface area contributed by atoms with E-state index in [0.29, 0.717) is 0 Å². The van der Waals surface area contributed by atoms with Crippen molar-refractivity contribution in [2.45, 2.75) is 33.6 Å². The van der Waals surface area contributed by atoms with Crippen molar-refractivity contribution in [1.82, 2.24) is 0 Å². The molecule has 140 valence electrons. The van der Waals surface area contributed by atoms with Gasteiger partial charge in [0.1, 0.15) is 5.75 Å². The van der Waals surface area contributed by atoms with Crippen LogP contribution in [-0.2, 0) is 28.5 Å². The fourth-order valence-corrected chi connectivity index (χ4v) is 2.85. The van der Waals surface area contributed by atoms with E-state index in [9.17, 15) is 4.79 Å². The highest BCUT2D eigenvalue weighted by Gasteiger charge is 2.15. The number of benzene rings is 2. The van der Waals surface area contributed by atoms with Crippen LogP contribution < -0.4 is 15.2 Å². The highest BCUT2D eigenvalue weighted by atomic mass is 32.2. The monoisotopic (exact) mass is 376 g/mol. The zero-order valence-corrected chi connectivity index (χ0v) is 16.1. The number of fused-ring (bicyclic) bond motifs is 1. The molecule has 2 aromatic rings. The minimum absolute atomic E-state index is 0.0883. The molecule has 3 N–H and O–H groups in total. The maximum absolute atomic E-state index is 11.4. The quantitative estimate of drug-likeness (QED) is 0.715. The fraction of sp³-hybridized carbons (Fsp3) is 0.316. The van der Waals surface area contributed by atoms with Crippen molar-refractivity contribution in [3.05, 3.63) is 58.1 Å². The van der Waals surface area contributed by atoms with E-state index >= 15 is 0 Å². The molecule has 0 spiro atoms. The highest BCUT2D eigenvalue weighted by Crippen LogP contribution is 2.29. The van der Waals surface area contributed by atoms with E-state index < -0.39 is 10.9 Å². The van der Waals surface area contributed by atoms with E-state index in [0.717, 1.165) is 24.3 Å². The Kier molecular flexibility index (Phi) is 6.76. The normalized spacial score (nSPS) is 12.6. The third-order valence-corrected chi connectivity index (χ3v) is 4.53. The lowest BCUT2D eigenvalue weighted by atomic mass is 9.94. The van der Waals surface area contributed by atoms with E-state index in [1.165, 1.54) is 27.8 Å². The summed E-state index contributed by atoms with van der Waals surface area (Å²) in [6, 6.07) is 10.5.